The maximum atomic E-state index is 3.61. The lowest BCUT2D eigenvalue weighted by atomic mass is 9.81. The first-order valence-corrected chi connectivity index (χ1v) is 7.19. The third-order valence-corrected chi connectivity index (χ3v) is 4.41. The van der Waals surface area contributed by atoms with Crippen molar-refractivity contribution < 1.29 is 0 Å². The van der Waals surface area contributed by atoms with Gasteiger partial charge in [0.15, 0.2) is 0 Å². The average molecular weight is 240 g/mol. The summed E-state index contributed by atoms with van der Waals surface area (Å²) in [4.78, 5) is 2.71. The van der Waals surface area contributed by atoms with Crippen LogP contribution >= 0.6 is 0 Å². The van der Waals surface area contributed by atoms with Crippen LogP contribution in [0.3, 0.4) is 0 Å². The van der Waals surface area contributed by atoms with E-state index in [4.69, 9.17) is 0 Å². The quantitative estimate of drug-likeness (QED) is 0.816. The summed E-state index contributed by atoms with van der Waals surface area (Å²) in [7, 11) is 0. The molecule has 2 heteroatoms. The van der Waals surface area contributed by atoms with Crippen molar-refractivity contribution in [3.8, 4) is 0 Å². The summed E-state index contributed by atoms with van der Waals surface area (Å²) >= 11 is 0. The molecular weight excluding hydrogens is 208 g/mol. The van der Waals surface area contributed by atoms with Crippen LogP contribution in [0.15, 0.2) is 0 Å². The molecule has 1 aliphatic rings. The summed E-state index contributed by atoms with van der Waals surface area (Å²) in [5.41, 5.74) is 0.412. The fourth-order valence-corrected chi connectivity index (χ4v) is 2.50. The van der Waals surface area contributed by atoms with Gasteiger partial charge in [-0.15, -0.1) is 0 Å². The Morgan fingerprint density at radius 1 is 1.24 bits per heavy atom. The summed E-state index contributed by atoms with van der Waals surface area (Å²) in [6, 6.07) is 1.34. The molecule has 0 saturated carbocycles. The monoisotopic (exact) mass is 240 g/mol. The first-order chi connectivity index (χ1) is 7.71. The van der Waals surface area contributed by atoms with Gasteiger partial charge >= 0.3 is 0 Å². The Morgan fingerprint density at radius 3 is 2.29 bits per heavy atom. The van der Waals surface area contributed by atoms with Gasteiger partial charge in [0.05, 0.1) is 0 Å². The number of nitrogens with zero attached hydrogens (tertiary/aromatic N) is 1. The van der Waals surface area contributed by atoms with Crippen molar-refractivity contribution >= 4 is 0 Å². The molecule has 0 aromatic carbocycles. The van der Waals surface area contributed by atoms with Crippen molar-refractivity contribution in [2.75, 3.05) is 19.6 Å². The highest BCUT2D eigenvalue weighted by molar-refractivity contribution is 4.88. The second-order valence-electron chi connectivity index (χ2n) is 7.34. The van der Waals surface area contributed by atoms with Crippen molar-refractivity contribution in [3.05, 3.63) is 0 Å². The number of hydrogen-bond donors (Lipinski definition) is 1. The van der Waals surface area contributed by atoms with E-state index in [-0.39, 0.29) is 0 Å². The molecule has 1 N–H and O–H groups in total. The van der Waals surface area contributed by atoms with E-state index < -0.39 is 0 Å². The number of rotatable bonds is 3. The fraction of sp³-hybridized carbons (Fsp3) is 1.00. The molecule has 3 unspecified atom stereocenters. The smallest absolute Gasteiger partial charge is 0.0244 e. The Balaban J connectivity index is 2.64. The standard InChI is InChI=1S/C15H32N2/c1-11(2)14-8-16-13(4)10-17(14)9-12(3)15(5,6)7/h11-14,16H,8-10H2,1-7H3. The van der Waals surface area contributed by atoms with Crippen LogP contribution in [0.4, 0.5) is 0 Å². The largest absolute Gasteiger partial charge is 0.311 e. The minimum atomic E-state index is 0.412. The van der Waals surface area contributed by atoms with Crippen LogP contribution in [0.1, 0.15) is 48.5 Å². The van der Waals surface area contributed by atoms with Crippen molar-refractivity contribution in [3.63, 3.8) is 0 Å². The van der Waals surface area contributed by atoms with E-state index in [1.807, 2.05) is 0 Å². The molecule has 0 aromatic heterocycles. The van der Waals surface area contributed by atoms with Crippen molar-refractivity contribution in [2.45, 2.75) is 60.5 Å². The van der Waals surface area contributed by atoms with E-state index in [0.717, 1.165) is 18.4 Å². The topological polar surface area (TPSA) is 15.3 Å². The minimum Gasteiger partial charge on any atom is -0.311 e. The molecule has 17 heavy (non-hydrogen) atoms. The molecule has 0 aliphatic carbocycles. The number of hydrogen-bond acceptors (Lipinski definition) is 2. The van der Waals surface area contributed by atoms with Gasteiger partial charge in [0.25, 0.3) is 0 Å². The molecule has 0 spiro atoms. The van der Waals surface area contributed by atoms with Crippen LogP contribution in [0.5, 0.6) is 0 Å². The second kappa shape index (κ2) is 5.71. The zero-order valence-corrected chi connectivity index (χ0v) is 12.9. The van der Waals surface area contributed by atoms with Crippen LogP contribution in [0.25, 0.3) is 0 Å². The Labute approximate surface area is 108 Å². The van der Waals surface area contributed by atoms with Gasteiger partial charge in [0.1, 0.15) is 0 Å². The SMILES string of the molecule is CC1CN(CC(C)C(C)(C)C)C(C(C)C)CN1. The summed E-state index contributed by atoms with van der Waals surface area (Å²) in [6.07, 6.45) is 0. The van der Waals surface area contributed by atoms with E-state index in [0.29, 0.717) is 17.5 Å². The first kappa shape index (κ1) is 15.0. The summed E-state index contributed by atoms with van der Waals surface area (Å²) in [6.45, 7) is 20.0. The zero-order valence-electron chi connectivity index (χ0n) is 12.9. The molecule has 2 nitrogen and oxygen atoms in total. The van der Waals surface area contributed by atoms with Gasteiger partial charge in [-0.05, 0) is 24.2 Å². The van der Waals surface area contributed by atoms with Crippen LogP contribution in [0.2, 0.25) is 0 Å². The van der Waals surface area contributed by atoms with Crippen LogP contribution < -0.4 is 5.32 Å². The van der Waals surface area contributed by atoms with Crippen LogP contribution in [0, 0.1) is 17.3 Å². The van der Waals surface area contributed by atoms with Gasteiger partial charge in [-0.3, -0.25) is 4.90 Å². The molecule has 1 heterocycles. The minimum absolute atomic E-state index is 0.412. The van der Waals surface area contributed by atoms with Crippen molar-refractivity contribution in [1.29, 1.82) is 0 Å². The molecule has 102 valence electrons. The predicted octanol–water partition coefficient (Wildman–Crippen LogP) is 2.99. The molecule has 1 rings (SSSR count). The Morgan fingerprint density at radius 2 is 1.82 bits per heavy atom. The lowest BCUT2D eigenvalue weighted by Gasteiger charge is -2.44. The molecule has 0 radical (unpaired) electrons. The van der Waals surface area contributed by atoms with Gasteiger partial charge in [-0.25, -0.2) is 0 Å². The van der Waals surface area contributed by atoms with Crippen LogP contribution in [-0.4, -0.2) is 36.6 Å². The van der Waals surface area contributed by atoms with E-state index >= 15 is 0 Å². The molecule has 0 aromatic rings. The predicted molar refractivity (Wildman–Crippen MR) is 76.3 cm³/mol. The first-order valence-electron chi connectivity index (χ1n) is 7.19. The highest BCUT2D eigenvalue weighted by atomic mass is 15.2. The van der Waals surface area contributed by atoms with Gasteiger partial charge < -0.3 is 5.32 Å². The van der Waals surface area contributed by atoms with E-state index in [9.17, 15) is 0 Å². The van der Waals surface area contributed by atoms with E-state index in [2.05, 4.69) is 58.7 Å². The van der Waals surface area contributed by atoms with Gasteiger partial charge in [0.2, 0.25) is 0 Å². The molecule has 3 atom stereocenters. The molecular formula is C15H32N2. The maximum absolute atomic E-state index is 3.61. The zero-order chi connectivity index (χ0) is 13.2. The van der Waals surface area contributed by atoms with Crippen LogP contribution in [-0.2, 0) is 0 Å². The van der Waals surface area contributed by atoms with Gasteiger partial charge in [-0.2, -0.15) is 0 Å². The van der Waals surface area contributed by atoms with Gasteiger partial charge in [0, 0.05) is 31.7 Å². The summed E-state index contributed by atoms with van der Waals surface area (Å²) in [5.74, 6) is 1.48. The lowest BCUT2D eigenvalue weighted by molar-refractivity contribution is 0.0646. The van der Waals surface area contributed by atoms with Crippen molar-refractivity contribution in [1.82, 2.24) is 10.2 Å². The van der Waals surface area contributed by atoms with E-state index in [1.165, 1.54) is 13.1 Å². The summed E-state index contributed by atoms with van der Waals surface area (Å²) in [5, 5.41) is 3.61. The molecule has 1 saturated heterocycles. The van der Waals surface area contributed by atoms with E-state index in [1.54, 1.807) is 0 Å². The third kappa shape index (κ3) is 4.26. The molecule has 1 aliphatic heterocycles. The normalized spacial score (nSPS) is 29.6. The lowest BCUT2D eigenvalue weighted by Crippen LogP contribution is -2.58. The second-order valence-corrected chi connectivity index (χ2v) is 7.34. The maximum Gasteiger partial charge on any atom is 0.0244 e. The summed E-state index contributed by atoms with van der Waals surface area (Å²) < 4.78 is 0. The fourth-order valence-electron chi connectivity index (χ4n) is 2.50. The average Bonchev–Trinajstić information content (AvgIpc) is 2.15. The molecule has 0 amide bonds. The highest BCUT2D eigenvalue weighted by Crippen LogP contribution is 2.28. The van der Waals surface area contributed by atoms with Gasteiger partial charge in [-0.1, -0.05) is 41.5 Å². The third-order valence-electron chi connectivity index (χ3n) is 4.41. The molecule has 0 bridgehead atoms. The highest BCUT2D eigenvalue weighted by Gasteiger charge is 2.31. The Kier molecular flexibility index (Phi) is 5.03. The number of piperazine rings is 1. The Hall–Kier alpha value is -0.0800. The van der Waals surface area contributed by atoms with Crippen molar-refractivity contribution in [2.24, 2.45) is 17.3 Å². The number of nitrogens with one attached hydrogen (secondary N) is 1. The molecule has 1 fully saturated rings. The Bertz CT molecular complexity index is 230.